The van der Waals surface area contributed by atoms with E-state index < -0.39 is 0 Å². The van der Waals surface area contributed by atoms with Gasteiger partial charge in [0.1, 0.15) is 12.0 Å². The molecule has 0 aliphatic heterocycles. The molecule has 17 heavy (non-hydrogen) atoms. The van der Waals surface area contributed by atoms with E-state index in [9.17, 15) is 4.79 Å². The van der Waals surface area contributed by atoms with Gasteiger partial charge in [0.2, 0.25) is 0 Å². The van der Waals surface area contributed by atoms with E-state index in [1.807, 2.05) is 0 Å². The Balaban J connectivity index is 1.84. The summed E-state index contributed by atoms with van der Waals surface area (Å²) in [5.41, 5.74) is 0. The maximum Gasteiger partial charge on any atom is 0.263 e. The van der Waals surface area contributed by atoms with Gasteiger partial charge >= 0.3 is 0 Å². The summed E-state index contributed by atoms with van der Waals surface area (Å²) < 4.78 is 9.81. The van der Waals surface area contributed by atoms with Crippen LogP contribution in [0.15, 0.2) is 41.1 Å². The van der Waals surface area contributed by atoms with Crippen LogP contribution in [0.5, 0.6) is 5.75 Å². The molecule has 0 spiro atoms. The van der Waals surface area contributed by atoms with Crippen LogP contribution in [0.1, 0.15) is 0 Å². The predicted octanol–water partition coefficient (Wildman–Crippen LogP) is 2.35. The zero-order chi connectivity index (χ0) is 12.1. The highest BCUT2D eigenvalue weighted by atomic mass is 35.5. The predicted molar refractivity (Wildman–Crippen MR) is 62.1 cm³/mol. The lowest BCUT2D eigenvalue weighted by molar-refractivity contribution is -0.118. The molecule has 0 unspecified atom stereocenters. The van der Waals surface area contributed by atoms with Gasteiger partial charge in [0, 0.05) is 11.1 Å². The summed E-state index contributed by atoms with van der Waals surface area (Å²) in [6, 6.07) is 8.36. The van der Waals surface area contributed by atoms with Crippen LogP contribution in [0.4, 0.5) is 5.82 Å². The van der Waals surface area contributed by atoms with Gasteiger partial charge in [-0.2, -0.15) is 0 Å². The van der Waals surface area contributed by atoms with Crippen molar-refractivity contribution in [2.75, 3.05) is 11.9 Å². The molecular weight excluding hydrogens is 244 g/mol. The largest absolute Gasteiger partial charge is 0.484 e. The summed E-state index contributed by atoms with van der Waals surface area (Å²) in [4.78, 5) is 11.4. The first kappa shape index (κ1) is 11.5. The molecule has 5 nitrogen and oxygen atoms in total. The second-order valence-electron chi connectivity index (χ2n) is 3.18. The average Bonchev–Trinajstić information content (AvgIpc) is 2.79. The highest BCUT2D eigenvalue weighted by Gasteiger charge is 2.05. The molecule has 0 saturated carbocycles. The highest BCUT2D eigenvalue weighted by molar-refractivity contribution is 6.30. The minimum atomic E-state index is -0.320. The van der Waals surface area contributed by atoms with Crippen molar-refractivity contribution in [2.45, 2.75) is 0 Å². The quantitative estimate of drug-likeness (QED) is 0.907. The van der Waals surface area contributed by atoms with Gasteiger partial charge in [-0.3, -0.25) is 4.79 Å². The van der Waals surface area contributed by atoms with Crippen molar-refractivity contribution in [2.24, 2.45) is 0 Å². The molecule has 1 amide bonds. The molecule has 0 saturated heterocycles. The Labute approximate surface area is 102 Å². The number of rotatable bonds is 4. The fourth-order valence-electron chi connectivity index (χ4n) is 1.16. The Morgan fingerprint density at radius 2 is 2.35 bits per heavy atom. The Morgan fingerprint density at radius 3 is 3.06 bits per heavy atom. The van der Waals surface area contributed by atoms with Crippen molar-refractivity contribution in [1.29, 1.82) is 0 Å². The van der Waals surface area contributed by atoms with Gasteiger partial charge in [0.15, 0.2) is 12.4 Å². The third kappa shape index (κ3) is 3.49. The monoisotopic (exact) mass is 252 g/mol. The summed E-state index contributed by atoms with van der Waals surface area (Å²) in [6.45, 7) is -0.118. The van der Waals surface area contributed by atoms with Gasteiger partial charge in [-0.25, -0.2) is 0 Å². The molecule has 1 aromatic heterocycles. The zero-order valence-corrected chi connectivity index (χ0v) is 9.48. The third-order valence-electron chi connectivity index (χ3n) is 1.87. The van der Waals surface area contributed by atoms with Gasteiger partial charge in [-0.15, -0.1) is 0 Å². The van der Waals surface area contributed by atoms with Gasteiger partial charge in [0.05, 0.1) is 0 Å². The lowest BCUT2D eigenvalue weighted by atomic mass is 10.3. The number of amides is 1. The van der Waals surface area contributed by atoms with Gasteiger partial charge < -0.3 is 14.6 Å². The van der Waals surface area contributed by atoms with Crippen molar-refractivity contribution in [3.8, 4) is 5.75 Å². The van der Waals surface area contributed by atoms with Gasteiger partial charge in [-0.1, -0.05) is 22.8 Å². The third-order valence-corrected chi connectivity index (χ3v) is 2.11. The molecule has 0 bridgehead atoms. The number of carbonyl (C=O) groups is 1. The fraction of sp³-hybridized carbons (Fsp3) is 0.0909. The first-order valence-electron chi connectivity index (χ1n) is 4.82. The standard InChI is InChI=1S/C11H9ClN2O3/c12-8-2-1-3-9(6-8)16-7-11(15)13-10-4-5-17-14-10/h1-6H,7H2,(H,13,14,15). The molecule has 0 radical (unpaired) electrons. The van der Waals surface area contributed by atoms with Crippen LogP contribution in [0, 0.1) is 0 Å². The van der Waals surface area contributed by atoms with Gasteiger partial charge in [-0.05, 0) is 18.2 Å². The van der Waals surface area contributed by atoms with Crippen LogP contribution in [0.3, 0.4) is 0 Å². The maximum absolute atomic E-state index is 11.4. The van der Waals surface area contributed by atoms with Crippen molar-refractivity contribution < 1.29 is 14.1 Å². The van der Waals surface area contributed by atoms with E-state index >= 15 is 0 Å². The summed E-state index contributed by atoms with van der Waals surface area (Å²) >= 11 is 5.77. The van der Waals surface area contributed by atoms with Crippen LogP contribution in [0.25, 0.3) is 0 Å². The molecule has 0 aliphatic carbocycles. The number of carbonyl (C=O) groups excluding carboxylic acids is 1. The van der Waals surface area contributed by atoms with Crippen molar-refractivity contribution in [3.63, 3.8) is 0 Å². The van der Waals surface area contributed by atoms with Gasteiger partial charge in [0.25, 0.3) is 5.91 Å². The van der Waals surface area contributed by atoms with Crippen molar-refractivity contribution >= 4 is 23.3 Å². The Kier molecular flexibility index (Phi) is 3.62. The Bertz CT molecular complexity index is 499. The molecule has 88 valence electrons. The number of ether oxygens (including phenoxy) is 1. The SMILES string of the molecule is O=C(COc1cccc(Cl)c1)Nc1ccon1. The van der Waals surface area contributed by atoms with Crippen LogP contribution in [-0.4, -0.2) is 17.7 Å². The zero-order valence-electron chi connectivity index (χ0n) is 8.72. The number of halogens is 1. The van der Waals surface area contributed by atoms with E-state index in [-0.39, 0.29) is 12.5 Å². The minimum Gasteiger partial charge on any atom is -0.484 e. The van der Waals surface area contributed by atoms with E-state index in [2.05, 4.69) is 15.0 Å². The first-order chi connectivity index (χ1) is 8.24. The van der Waals surface area contributed by atoms with E-state index in [1.165, 1.54) is 12.3 Å². The van der Waals surface area contributed by atoms with E-state index in [0.29, 0.717) is 16.6 Å². The topological polar surface area (TPSA) is 64.4 Å². The van der Waals surface area contributed by atoms with Crippen molar-refractivity contribution in [1.82, 2.24) is 5.16 Å². The highest BCUT2D eigenvalue weighted by Crippen LogP contribution is 2.16. The average molecular weight is 253 g/mol. The number of benzene rings is 1. The molecule has 6 heteroatoms. The first-order valence-corrected chi connectivity index (χ1v) is 5.20. The number of hydrogen-bond donors (Lipinski definition) is 1. The minimum absolute atomic E-state index is 0.118. The number of nitrogens with one attached hydrogen (secondary N) is 1. The molecular formula is C11H9ClN2O3. The Hall–Kier alpha value is -2.01. The molecule has 2 aromatic rings. The van der Waals surface area contributed by atoms with Crippen LogP contribution in [-0.2, 0) is 4.79 Å². The summed E-state index contributed by atoms with van der Waals surface area (Å²) in [6.07, 6.45) is 1.37. The molecule has 0 fully saturated rings. The second-order valence-corrected chi connectivity index (χ2v) is 3.62. The van der Waals surface area contributed by atoms with E-state index in [1.54, 1.807) is 24.3 Å². The maximum atomic E-state index is 11.4. The second kappa shape index (κ2) is 5.36. The number of aromatic nitrogens is 1. The van der Waals surface area contributed by atoms with E-state index in [4.69, 9.17) is 16.3 Å². The fourth-order valence-corrected chi connectivity index (χ4v) is 1.34. The Morgan fingerprint density at radius 1 is 1.47 bits per heavy atom. The van der Waals surface area contributed by atoms with Crippen LogP contribution in [0.2, 0.25) is 5.02 Å². The van der Waals surface area contributed by atoms with Crippen LogP contribution >= 0.6 is 11.6 Å². The number of anilines is 1. The molecule has 0 atom stereocenters. The van der Waals surface area contributed by atoms with E-state index in [0.717, 1.165) is 0 Å². The molecule has 1 heterocycles. The lowest BCUT2D eigenvalue weighted by Crippen LogP contribution is -2.20. The molecule has 1 aromatic carbocycles. The van der Waals surface area contributed by atoms with Crippen LogP contribution < -0.4 is 10.1 Å². The summed E-state index contributed by atoms with van der Waals surface area (Å²) in [5.74, 6) is 0.566. The number of nitrogens with zero attached hydrogens (tertiary/aromatic N) is 1. The smallest absolute Gasteiger partial charge is 0.263 e. The van der Waals surface area contributed by atoms with Crippen molar-refractivity contribution in [3.05, 3.63) is 41.6 Å². The molecule has 1 N–H and O–H groups in total. The summed E-state index contributed by atoms with van der Waals surface area (Å²) in [7, 11) is 0. The summed E-state index contributed by atoms with van der Waals surface area (Å²) in [5, 5.41) is 6.60. The lowest BCUT2D eigenvalue weighted by Gasteiger charge is -2.05. The number of hydrogen-bond acceptors (Lipinski definition) is 4. The molecule has 2 rings (SSSR count). The molecule has 0 aliphatic rings. The normalized spacial score (nSPS) is 9.94.